The zero-order chi connectivity index (χ0) is 13.3. The Morgan fingerprint density at radius 2 is 1.89 bits per heavy atom. The SMILES string of the molecule is COc1c(Br)cc(C(C)(C)O)cc1C1CCCC1. The Morgan fingerprint density at radius 1 is 1.28 bits per heavy atom. The molecule has 100 valence electrons. The number of benzene rings is 1. The van der Waals surface area contributed by atoms with E-state index < -0.39 is 5.60 Å². The van der Waals surface area contributed by atoms with Crippen molar-refractivity contribution >= 4 is 15.9 Å². The van der Waals surface area contributed by atoms with Gasteiger partial charge >= 0.3 is 0 Å². The molecule has 0 atom stereocenters. The van der Waals surface area contributed by atoms with Gasteiger partial charge < -0.3 is 9.84 Å². The number of aliphatic hydroxyl groups is 1. The van der Waals surface area contributed by atoms with Crippen LogP contribution in [0.15, 0.2) is 16.6 Å². The van der Waals surface area contributed by atoms with E-state index in [1.165, 1.54) is 31.2 Å². The summed E-state index contributed by atoms with van der Waals surface area (Å²) in [5.74, 6) is 1.49. The first-order chi connectivity index (χ1) is 8.43. The maximum absolute atomic E-state index is 10.2. The molecule has 1 fully saturated rings. The monoisotopic (exact) mass is 312 g/mol. The summed E-state index contributed by atoms with van der Waals surface area (Å²) in [6.07, 6.45) is 5.02. The van der Waals surface area contributed by atoms with Crippen molar-refractivity contribution in [2.24, 2.45) is 0 Å². The topological polar surface area (TPSA) is 29.5 Å². The number of halogens is 1. The first-order valence-corrected chi connectivity index (χ1v) is 7.33. The highest BCUT2D eigenvalue weighted by atomic mass is 79.9. The van der Waals surface area contributed by atoms with Crippen LogP contribution in [0.1, 0.15) is 56.6 Å². The summed E-state index contributed by atoms with van der Waals surface area (Å²) in [6.45, 7) is 3.64. The lowest BCUT2D eigenvalue weighted by molar-refractivity contribution is 0.0783. The van der Waals surface area contributed by atoms with Crippen LogP contribution in [0.25, 0.3) is 0 Å². The fourth-order valence-electron chi connectivity index (χ4n) is 2.72. The molecule has 1 saturated carbocycles. The number of methoxy groups -OCH3 is 1. The van der Waals surface area contributed by atoms with Crippen LogP contribution in [-0.4, -0.2) is 12.2 Å². The van der Waals surface area contributed by atoms with Gasteiger partial charge in [0.2, 0.25) is 0 Å². The van der Waals surface area contributed by atoms with Crippen LogP contribution in [0.5, 0.6) is 5.75 Å². The Hall–Kier alpha value is -0.540. The van der Waals surface area contributed by atoms with E-state index in [-0.39, 0.29) is 0 Å². The third-order valence-electron chi connectivity index (χ3n) is 3.78. The lowest BCUT2D eigenvalue weighted by atomic mass is 9.90. The molecule has 0 radical (unpaired) electrons. The van der Waals surface area contributed by atoms with Crippen molar-refractivity contribution in [3.05, 3.63) is 27.7 Å². The molecule has 0 aliphatic heterocycles. The van der Waals surface area contributed by atoms with Gasteiger partial charge in [0.25, 0.3) is 0 Å². The Balaban J connectivity index is 2.50. The summed E-state index contributed by atoms with van der Waals surface area (Å²) in [4.78, 5) is 0. The highest BCUT2D eigenvalue weighted by molar-refractivity contribution is 9.10. The van der Waals surface area contributed by atoms with E-state index in [4.69, 9.17) is 4.74 Å². The van der Waals surface area contributed by atoms with E-state index in [2.05, 4.69) is 22.0 Å². The molecule has 1 aromatic rings. The van der Waals surface area contributed by atoms with E-state index in [0.717, 1.165) is 15.8 Å². The summed E-state index contributed by atoms with van der Waals surface area (Å²) in [5.41, 5.74) is 1.36. The quantitative estimate of drug-likeness (QED) is 0.899. The summed E-state index contributed by atoms with van der Waals surface area (Å²) >= 11 is 3.56. The minimum atomic E-state index is -0.817. The highest BCUT2D eigenvalue weighted by Crippen LogP contribution is 2.43. The first-order valence-electron chi connectivity index (χ1n) is 6.53. The zero-order valence-electron chi connectivity index (χ0n) is 11.3. The number of hydrogen-bond acceptors (Lipinski definition) is 2. The van der Waals surface area contributed by atoms with Gasteiger partial charge in [-0.15, -0.1) is 0 Å². The summed E-state index contributed by atoms with van der Waals surface area (Å²) in [7, 11) is 1.71. The second-order valence-electron chi connectivity index (χ2n) is 5.62. The van der Waals surface area contributed by atoms with E-state index >= 15 is 0 Å². The van der Waals surface area contributed by atoms with Gasteiger partial charge in [0.1, 0.15) is 5.75 Å². The molecule has 3 heteroatoms. The predicted octanol–water partition coefficient (Wildman–Crippen LogP) is 4.34. The molecule has 0 aromatic heterocycles. The fourth-order valence-corrected chi connectivity index (χ4v) is 3.36. The van der Waals surface area contributed by atoms with Crippen LogP contribution in [0.2, 0.25) is 0 Å². The maximum atomic E-state index is 10.2. The number of ether oxygens (including phenoxy) is 1. The van der Waals surface area contributed by atoms with Crippen molar-refractivity contribution in [3.63, 3.8) is 0 Å². The van der Waals surface area contributed by atoms with Crippen LogP contribution >= 0.6 is 15.9 Å². The second-order valence-corrected chi connectivity index (χ2v) is 6.48. The van der Waals surface area contributed by atoms with Crippen molar-refractivity contribution in [3.8, 4) is 5.75 Å². The van der Waals surface area contributed by atoms with Crippen LogP contribution < -0.4 is 4.74 Å². The molecule has 18 heavy (non-hydrogen) atoms. The van der Waals surface area contributed by atoms with E-state index in [1.807, 2.05) is 19.9 Å². The van der Waals surface area contributed by atoms with Crippen LogP contribution in [-0.2, 0) is 5.60 Å². The largest absolute Gasteiger partial charge is 0.495 e. The van der Waals surface area contributed by atoms with E-state index in [0.29, 0.717) is 5.92 Å². The van der Waals surface area contributed by atoms with Gasteiger partial charge in [-0.3, -0.25) is 0 Å². The molecule has 0 spiro atoms. The van der Waals surface area contributed by atoms with Gasteiger partial charge in [-0.2, -0.15) is 0 Å². The van der Waals surface area contributed by atoms with Gasteiger partial charge in [-0.25, -0.2) is 0 Å². The maximum Gasteiger partial charge on any atom is 0.136 e. The minimum Gasteiger partial charge on any atom is -0.495 e. The third kappa shape index (κ3) is 2.72. The molecule has 1 aliphatic carbocycles. The zero-order valence-corrected chi connectivity index (χ0v) is 12.9. The molecule has 2 rings (SSSR count). The molecular formula is C15H21BrO2. The molecule has 1 N–H and O–H groups in total. The summed E-state index contributed by atoms with van der Waals surface area (Å²) in [5, 5.41) is 10.2. The minimum absolute atomic E-state index is 0.568. The molecule has 0 saturated heterocycles. The summed E-state index contributed by atoms with van der Waals surface area (Å²) in [6, 6.07) is 4.07. The molecule has 2 nitrogen and oxygen atoms in total. The van der Waals surface area contributed by atoms with Gasteiger partial charge in [-0.05, 0) is 71.8 Å². The average Bonchev–Trinajstić information content (AvgIpc) is 2.79. The molecule has 0 bridgehead atoms. The standard InChI is InChI=1S/C15H21BrO2/c1-15(2,17)11-8-12(10-6-4-5-7-10)14(18-3)13(16)9-11/h8-10,17H,4-7H2,1-3H3. The van der Waals surface area contributed by atoms with Crippen LogP contribution in [0.4, 0.5) is 0 Å². The molecule has 1 aromatic carbocycles. The molecule has 0 amide bonds. The van der Waals surface area contributed by atoms with E-state index in [1.54, 1.807) is 7.11 Å². The van der Waals surface area contributed by atoms with Gasteiger partial charge in [0, 0.05) is 0 Å². The van der Waals surface area contributed by atoms with Gasteiger partial charge in [-0.1, -0.05) is 12.8 Å². The average molecular weight is 313 g/mol. The Bertz CT molecular complexity index is 429. The van der Waals surface area contributed by atoms with Crippen molar-refractivity contribution in [2.75, 3.05) is 7.11 Å². The van der Waals surface area contributed by atoms with Crippen LogP contribution in [0, 0.1) is 0 Å². The van der Waals surface area contributed by atoms with Gasteiger partial charge in [0.15, 0.2) is 0 Å². The van der Waals surface area contributed by atoms with Crippen molar-refractivity contribution in [1.82, 2.24) is 0 Å². The summed E-state index contributed by atoms with van der Waals surface area (Å²) < 4.78 is 6.46. The highest BCUT2D eigenvalue weighted by Gasteiger charge is 2.25. The third-order valence-corrected chi connectivity index (χ3v) is 4.37. The smallest absolute Gasteiger partial charge is 0.136 e. The normalized spacial score (nSPS) is 17.2. The number of rotatable bonds is 3. The lowest BCUT2D eigenvalue weighted by Crippen LogP contribution is -2.16. The Kier molecular flexibility index (Phi) is 4.02. The van der Waals surface area contributed by atoms with Crippen molar-refractivity contribution < 1.29 is 9.84 Å². The van der Waals surface area contributed by atoms with Crippen molar-refractivity contribution in [1.29, 1.82) is 0 Å². The number of hydrogen-bond donors (Lipinski definition) is 1. The Labute approximate surface area is 117 Å². The van der Waals surface area contributed by atoms with Crippen LogP contribution in [0.3, 0.4) is 0 Å². The fraction of sp³-hybridized carbons (Fsp3) is 0.600. The lowest BCUT2D eigenvalue weighted by Gasteiger charge is -2.23. The molecule has 1 aliphatic rings. The molecule has 0 unspecified atom stereocenters. The van der Waals surface area contributed by atoms with E-state index in [9.17, 15) is 5.11 Å². The second kappa shape index (κ2) is 5.22. The predicted molar refractivity (Wildman–Crippen MR) is 77.1 cm³/mol. The van der Waals surface area contributed by atoms with Crippen molar-refractivity contribution in [2.45, 2.75) is 51.0 Å². The molecular weight excluding hydrogens is 292 g/mol. The van der Waals surface area contributed by atoms with Gasteiger partial charge in [0.05, 0.1) is 17.2 Å². The molecule has 0 heterocycles. The first kappa shape index (κ1) is 13.9. The Morgan fingerprint density at radius 3 is 2.39 bits per heavy atom.